The van der Waals surface area contributed by atoms with Crippen LogP contribution in [0.2, 0.25) is 0 Å². The predicted molar refractivity (Wildman–Crippen MR) is 231 cm³/mol. The first-order valence-corrected chi connectivity index (χ1v) is 20.0. The first-order chi connectivity index (χ1) is 26.8. The number of fused-ring (bicyclic) bond motifs is 7. The van der Waals surface area contributed by atoms with Crippen LogP contribution in [0.5, 0.6) is 0 Å². The highest BCUT2D eigenvalue weighted by Gasteiger charge is 2.49. The van der Waals surface area contributed by atoms with Crippen molar-refractivity contribution in [3.8, 4) is 11.1 Å². The number of hydrogen-bond acceptors (Lipinski definition) is 2. The molecule has 0 aromatic heterocycles. The Morgan fingerprint density at radius 1 is 0.455 bits per heavy atom. The lowest BCUT2D eigenvalue weighted by Crippen LogP contribution is -2.27. The summed E-state index contributed by atoms with van der Waals surface area (Å²) in [6, 6.07) is 56.9. The Hall–Kier alpha value is -5.86. The summed E-state index contributed by atoms with van der Waals surface area (Å²) in [5.74, 6) is 0. The third kappa shape index (κ3) is 5.07. The molecule has 0 amide bonds. The highest BCUT2D eigenvalue weighted by molar-refractivity contribution is 5.91. The largest absolute Gasteiger partial charge is 0.310 e. The van der Waals surface area contributed by atoms with Crippen LogP contribution >= 0.6 is 0 Å². The van der Waals surface area contributed by atoms with E-state index < -0.39 is 0 Å². The standard InChI is InChI=1S/C53H48N2/c1-35-31-37(3)49-43-33-36(2)48(34-44(43)52(4,5)45(49)32-35)55(42-23-13-8-14-24-42)47-26-16-18-39-28-30-53(51(39)47)29-27-38-17-15-25-46(50(38)53)54(40-19-9-6-10-20-40)41-21-11-7-12-22-41/h6-26,31-34H,27-30H2,1-5H3/t53-/m1/s1. The van der Waals surface area contributed by atoms with Crippen LogP contribution in [0.1, 0.15) is 76.8 Å². The maximum atomic E-state index is 2.60. The summed E-state index contributed by atoms with van der Waals surface area (Å²) in [7, 11) is 0. The molecule has 0 saturated carbocycles. The molecule has 7 aromatic carbocycles. The van der Waals surface area contributed by atoms with Gasteiger partial charge in [0.1, 0.15) is 0 Å². The molecule has 0 fully saturated rings. The topological polar surface area (TPSA) is 6.48 Å². The zero-order valence-electron chi connectivity index (χ0n) is 32.7. The maximum absolute atomic E-state index is 2.60. The van der Waals surface area contributed by atoms with Crippen molar-refractivity contribution in [3.63, 3.8) is 0 Å². The van der Waals surface area contributed by atoms with E-state index >= 15 is 0 Å². The molecule has 0 saturated heterocycles. The fraction of sp³-hybridized carbons (Fsp3) is 0.208. The van der Waals surface area contributed by atoms with Gasteiger partial charge in [0.25, 0.3) is 0 Å². The lowest BCUT2D eigenvalue weighted by molar-refractivity contribution is 0.508. The number of aryl methyl sites for hydroxylation is 5. The molecule has 1 atom stereocenters. The molecule has 270 valence electrons. The van der Waals surface area contributed by atoms with E-state index in [1.165, 1.54) is 95.3 Å². The maximum Gasteiger partial charge on any atom is 0.0505 e. The summed E-state index contributed by atoms with van der Waals surface area (Å²) >= 11 is 0. The van der Waals surface area contributed by atoms with Crippen LogP contribution in [0.25, 0.3) is 11.1 Å². The van der Waals surface area contributed by atoms with Crippen molar-refractivity contribution in [1.82, 2.24) is 0 Å². The molecule has 0 heterocycles. The Kier molecular flexibility index (Phi) is 7.72. The Bertz CT molecular complexity index is 2560. The minimum atomic E-state index is -0.124. The van der Waals surface area contributed by atoms with Crippen LogP contribution in [-0.2, 0) is 23.7 Å². The monoisotopic (exact) mass is 712 g/mol. The van der Waals surface area contributed by atoms with Crippen molar-refractivity contribution in [3.05, 3.63) is 202 Å². The minimum absolute atomic E-state index is 0.107. The van der Waals surface area contributed by atoms with Crippen LogP contribution in [0, 0.1) is 20.8 Å². The quantitative estimate of drug-likeness (QED) is 0.169. The molecule has 7 aromatic rings. The number of anilines is 6. The van der Waals surface area contributed by atoms with Crippen molar-refractivity contribution < 1.29 is 0 Å². The van der Waals surface area contributed by atoms with E-state index in [2.05, 4.69) is 196 Å². The Balaban J connectivity index is 1.20. The third-order valence-corrected chi connectivity index (χ3v) is 13.1. The van der Waals surface area contributed by atoms with E-state index in [-0.39, 0.29) is 10.8 Å². The van der Waals surface area contributed by atoms with Gasteiger partial charge < -0.3 is 9.80 Å². The van der Waals surface area contributed by atoms with Crippen LogP contribution < -0.4 is 9.80 Å². The second kappa shape index (κ2) is 12.6. The van der Waals surface area contributed by atoms with E-state index in [1.54, 1.807) is 0 Å². The highest BCUT2D eigenvalue weighted by atomic mass is 15.2. The van der Waals surface area contributed by atoms with Gasteiger partial charge in [-0.1, -0.05) is 110 Å². The van der Waals surface area contributed by atoms with Gasteiger partial charge in [0.15, 0.2) is 0 Å². The summed E-state index contributed by atoms with van der Waals surface area (Å²) in [5.41, 5.74) is 22.8. The second-order valence-electron chi connectivity index (χ2n) is 16.7. The molecular weight excluding hydrogens is 665 g/mol. The van der Waals surface area contributed by atoms with E-state index in [0.29, 0.717) is 0 Å². The molecule has 2 nitrogen and oxygen atoms in total. The number of benzene rings is 7. The number of hydrogen-bond donors (Lipinski definition) is 0. The van der Waals surface area contributed by atoms with Gasteiger partial charge in [0.2, 0.25) is 0 Å². The summed E-state index contributed by atoms with van der Waals surface area (Å²) in [6.45, 7) is 11.7. The lowest BCUT2D eigenvalue weighted by atomic mass is 9.74. The first kappa shape index (κ1) is 33.7. The van der Waals surface area contributed by atoms with Crippen LogP contribution in [-0.4, -0.2) is 0 Å². The van der Waals surface area contributed by atoms with E-state index in [0.717, 1.165) is 25.7 Å². The minimum Gasteiger partial charge on any atom is -0.310 e. The molecule has 3 aliphatic rings. The Morgan fingerprint density at radius 2 is 0.964 bits per heavy atom. The smallest absolute Gasteiger partial charge is 0.0505 e. The van der Waals surface area contributed by atoms with Crippen LogP contribution in [0.15, 0.2) is 152 Å². The van der Waals surface area contributed by atoms with Gasteiger partial charge in [0, 0.05) is 33.6 Å². The van der Waals surface area contributed by atoms with Crippen LogP contribution in [0.3, 0.4) is 0 Å². The molecule has 2 heteroatoms. The van der Waals surface area contributed by atoms with E-state index in [9.17, 15) is 0 Å². The Labute approximate surface area is 326 Å². The fourth-order valence-electron chi connectivity index (χ4n) is 10.7. The van der Waals surface area contributed by atoms with Crippen molar-refractivity contribution >= 4 is 34.1 Å². The molecule has 0 bridgehead atoms. The molecule has 55 heavy (non-hydrogen) atoms. The van der Waals surface area contributed by atoms with E-state index in [1.807, 2.05) is 0 Å². The Morgan fingerprint density at radius 3 is 1.51 bits per heavy atom. The molecule has 10 rings (SSSR count). The van der Waals surface area contributed by atoms with Gasteiger partial charge in [-0.3, -0.25) is 0 Å². The van der Waals surface area contributed by atoms with Gasteiger partial charge in [-0.05, 0) is 163 Å². The second-order valence-corrected chi connectivity index (χ2v) is 16.7. The molecule has 0 unspecified atom stereocenters. The van der Waals surface area contributed by atoms with Gasteiger partial charge in [-0.2, -0.15) is 0 Å². The summed E-state index contributed by atoms with van der Waals surface area (Å²) in [6.07, 6.45) is 4.35. The molecule has 1 spiro atoms. The molecule has 3 aliphatic carbocycles. The molecule has 0 radical (unpaired) electrons. The first-order valence-electron chi connectivity index (χ1n) is 20.0. The average Bonchev–Trinajstić information content (AvgIpc) is 3.84. The van der Waals surface area contributed by atoms with Crippen LogP contribution in [0.4, 0.5) is 34.1 Å². The van der Waals surface area contributed by atoms with Crippen molar-refractivity contribution in [2.24, 2.45) is 0 Å². The summed E-state index contributed by atoms with van der Waals surface area (Å²) < 4.78 is 0. The number of para-hydroxylation sites is 3. The summed E-state index contributed by atoms with van der Waals surface area (Å²) in [4.78, 5) is 5.10. The highest BCUT2D eigenvalue weighted by Crippen LogP contribution is 2.60. The molecular formula is C53H48N2. The zero-order valence-corrected chi connectivity index (χ0v) is 32.7. The van der Waals surface area contributed by atoms with Crippen molar-refractivity contribution in [2.45, 2.75) is 71.1 Å². The van der Waals surface area contributed by atoms with Gasteiger partial charge in [0.05, 0.1) is 11.4 Å². The number of nitrogens with zero attached hydrogens (tertiary/aromatic N) is 2. The SMILES string of the molecule is Cc1cc(C)c2c(c1)C(C)(C)c1cc(N(c3ccccc3)c3cccc4c3[C@]3(CCc5cccc(N(c6ccccc6)c6ccccc6)c53)CC4)c(C)cc1-2. The summed E-state index contributed by atoms with van der Waals surface area (Å²) in [5, 5.41) is 0. The number of rotatable bonds is 6. The van der Waals surface area contributed by atoms with Crippen molar-refractivity contribution in [1.29, 1.82) is 0 Å². The third-order valence-electron chi connectivity index (χ3n) is 13.1. The van der Waals surface area contributed by atoms with Gasteiger partial charge >= 0.3 is 0 Å². The lowest BCUT2D eigenvalue weighted by Gasteiger charge is -2.37. The van der Waals surface area contributed by atoms with E-state index in [4.69, 9.17) is 0 Å². The molecule has 0 aliphatic heterocycles. The fourth-order valence-corrected chi connectivity index (χ4v) is 10.7. The van der Waals surface area contributed by atoms with Gasteiger partial charge in [-0.15, -0.1) is 0 Å². The average molecular weight is 713 g/mol. The predicted octanol–water partition coefficient (Wildman–Crippen LogP) is 14.0. The van der Waals surface area contributed by atoms with Crippen molar-refractivity contribution in [2.75, 3.05) is 9.80 Å². The normalized spacial score (nSPS) is 17.1. The molecule has 0 N–H and O–H groups in total. The zero-order chi connectivity index (χ0) is 37.5. The van der Waals surface area contributed by atoms with Gasteiger partial charge in [-0.25, -0.2) is 0 Å².